The molecule has 0 saturated carbocycles. The summed E-state index contributed by atoms with van der Waals surface area (Å²) in [6.45, 7) is 0.156. The summed E-state index contributed by atoms with van der Waals surface area (Å²) in [4.78, 5) is 23.8. The lowest BCUT2D eigenvalue weighted by Crippen LogP contribution is -2.60. The largest absolute Gasteiger partial charge is 0.376 e. The summed E-state index contributed by atoms with van der Waals surface area (Å²) in [6.07, 6.45) is 1.33. The topological polar surface area (TPSA) is 78.2 Å². The molecule has 0 radical (unpaired) electrons. The lowest BCUT2D eigenvalue weighted by atomic mass is 9.87. The maximum atomic E-state index is 14.0. The van der Waals surface area contributed by atoms with E-state index in [1.54, 1.807) is 25.2 Å². The summed E-state index contributed by atoms with van der Waals surface area (Å²) in [5.74, 6) is -0.826. The first kappa shape index (κ1) is 14.5. The van der Waals surface area contributed by atoms with Crippen LogP contribution in [0.25, 0.3) is 0 Å². The van der Waals surface area contributed by atoms with Gasteiger partial charge in [-0.25, -0.2) is 13.9 Å². The van der Waals surface area contributed by atoms with Gasteiger partial charge in [-0.15, -0.1) is 0 Å². The number of aryl methyl sites for hydroxylation is 1. The minimum absolute atomic E-state index is 0.191. The molecule has 1 aliphatic rings. The quantitative estimate of drug-likeness (QED) is 0.846. The first-order valence-corrected chi connectivity index (χ1v) is 6.74. The number of nitrogens with one attached hydrogen (secondary N) is 1. The first-order valence-electron chi connectivity index (χ1n) is 6.74. The Bertz CT molecular complexity index is 763. The average Bonchev–Trinajstić information content (AvgIpc) is 2.76. The highest BCUT2D eigenvalue weighted by atomic mass is 19.1. The monoisotopic (exact) mass is 306 g/mol. The number of carbonyl (C=O) groups is 1. The number of halogens is 1. The smallest absolute Gasteiger partial charge is 0.345 e. The highest BCUT2D eigenvalue weighted by molar-refractivity contribution is 5.77. The molecule has 0 aliphatic carbocycles. The third-order valence-electron chi connectivity index (χ3n) is 3.65. The number of hydrogen-bond donors (Lipinski definition) is 1. The zero-order valence-electron chi connectivity index (χ0n) is 12.0. The Balaban J connectivity index is 1.78. The Hall–Kier alpha value is -2.48. The first-order chi connectivity index (χ1) is 10.5. The summed E-state index contributed by atoms with van der Waals surface area (Å²) in [6, 6.07) is 6.24. The van der Waals surface area contributed by atoms with Gasteiger partial charge in [-0.3, -0.25) is 9.36 Å². The maximum Gasteiger partial charge on any atom is 0.345 e. The van der Waals surface area contributed by atoms with Crippen LogP contribution in [-0.2, 0) is 28.7 Å². The predicted octanol–water partition coefficient (Wildman–Crippen LogP) is -0.237. The molecule has 116 valence electrons. The van der Waals surface area contributed by atoms with Crippen LogP contribution in [0, 0.1) is 5.82 Å². The molecular weight excluding hydrogens is 291 g/mol. The second kappa shape index (κ2) is 5.38. The van der Waals surface area contributed by atoms with E-state index >= 15 is 0 Å². The standard InChI is InChI=1S/C14H15FN4O3/c1-18-9-16-19(13(18)21)6-12(20)17-14(7-22-8-14)10-4-2-3-5-11(10)15/h2-5,9H,6-8H2,1H3,(H,17,20). The van der Waals surface area contributed by atoms with E-state index in [9.17, 15) is 14.0 Å². The maximum absolute atomic E-state index is 14.0. The van der Waals surface area contributed by atoms with E-state index in [4.69, 9.17) is 4.74 Å². The number of aromatic nitrogens is 3. The molecule has 1 amide bonds. The van der Waals surface area contributed by atoms with Crippen LogP contribution < -0.4 is 11.0 Å². The number of benzene rings is 1. The van der Waals surface area contributed by atoms with Crippen molar-refractivity contribution in [2.24, 2.45) is 7.05 Å². The van der Waals surface area contributed by atoms with E-state index in [1.165, 1.54) is 17.0 Å². The van der Waals surface area contributed by atoms with Gasteiger partial charge in [-0.05, 0) is 6.07 Å². The Labute approximate surface area is 125 Å². The fraction of sp³-hybridized carbons (Fsp3) is 0.357. The van der Waals surface area contributed by atoms with Crippen molar-refractivity contribution >= 4 is 5.91 Å². The van der Waals surface area contributed by atoms with Gasteiger partial charge in [0.25, 0.3) is 0 Å². The molecule has 22 heavy (non-hydrogen) atoms. The van der Waals surface area contributed by atoms with E-state index < -0.39 is 17.3 Å². The van der Waals surface area contributed by atoms with Crippen molar-refractivity contribution in [2.75, 3.05) is 13.2 Å². The van der Waals surface area contributed by atoms with Crippen LogP contribution in [0.5, 0.6) is 0 Å². The SMILES string of the molecule is Cn1cnn(CC(=O)NC2(c3ccccc3F)COC2)c1=O. The minimum atomic E-state index is -0.888. The van der Waals surface area contributed by atoms with Crippen molar-refractivity contribution in [1.29, 1.82) is 0 Å². The van der Waals surface area contributed by atoms with Crippen molar-refractivity contribution in [3.8, 4) is 0 Å². The van der Waals surface area contributed by atoms with Crippen molar-refractivity contribution < 1.29 is 13.9 Å². The average molecular weight is 306 g/mol. The Morgan fingerprint density at radius 2 is 2.18 bits per heavy atom. The molecule has 0 unspecified atom stereocenters. The molecule has 2 heterocycles. The summed E-state index contributed by atoms with van der Waals surface area (Å²) in [5.41, 5.74) is -0.899. The molecule has 0 atom stereocenters. The lowest BCUT2D eigenvalue weighted by molar-refractivity contribution is -0.135. The number of hydrogen-bond acceptors (Lipinski definition) is 4. The van der Waals surface area contributed by atoms with Crippen molar-refractivity contribution in [3.63, 3.8) is 0 Å². The van der Waals surface area contributed by atoms with Crippen molar-refractivity contribution in [1.82, 2.24) is 19.7 Å². The van der Waals surface area contributed by atoms with Gasteiger partial charge in [0.15, 0.2) is 0 Å². The molecular formula is C14H15FN4O3. The fourth-order valence-electron chi connectivity index (χ4n) is 2.42. The van der Waals surface area contributed by atoms with Gasteiger partial charge in [0.2, 0.25) is 5.91 Å². The molecule has 1 fully saturated rings. The van der Waals surface area contributed by atoms with Crippen LogP contribution in [0.2, 0.25) is 0 Å². The second-order valence-corrected chi connectivity index (χ2v) is 5.28. The van der Waals surface area contributed by atoms with Gasteiger partial charge in [0.05, 0.1) is 13.2 Å². The van der Waals surface area contributed by atoms with Gasteiger partial charge >= 0.3 is 5.69 Å². The van der Waals surface area contributed by atoms with Crippen molar-refractivity contribution in [3.05, 3.63) is 52.5 Å². The summed E-state index contributed by atoms with van der Waals surface area (Å²) in [5, 5.41) is 6.58. The molecule has 7 nitrogen and oxygen atoms in total. The molecule has 0 spiro atoms. The third kappa shape index (κ3) is 2.41. The van der Waals surface area contributed by atoms with Gasteiger partial charge < -0.3 is 10.1 Å². The van der Waals surface area contributed by atoms with Gasteiger partial charge in [0.1, 0.15) is 24.2 Å². The van der Waals surface area contributed by atoms with E-state index in [-0.39, 0.29) is 25.4 Å². The molecule has 2 aromatic rings. The molecule has 3 rings (SSSR count). The predicted molar refractivity (Wildman–Crippen MR) is 74.5 cm³/mol. The number of nitrogens with zero attached hydrogens (tertiary/aromatic N) is 3. The molecule has 1 aromatic heterocycles. The van der Waals surface area contributed by atoms with Gasteiger partial charge in [-0.1, -0.05) is 18.2 Å². The molecule has 1 aliphatic heterocycles. The summed E-state index contributed by atoms with van der Waals surface area (Å²) < 4.78 is 21.4. The zero-order chi connectivity index (χ0) is 15.7. The normalized spacial score (nSPS) is 16.1. The van der Waals surface area contributed by atoms with Crippen LogP contribution in [-0.4, -0.2) is 33.5 Å². The summed E-state index contributed by atoms with van der Waals surface area (Å²) >= 11 is 0. The van der Waals surface area contributed by atoms with E-state index in [2.05, 4.69) is 10.4 Å². The van der Waals surface area contributed by atoms with Gasteiger partial charge in [0, 0.05) is 12.6 Å². The van der Waals surface area contributed by atoms with Crippen LogP contribution in [0.3, 0.4) is 0 Å². The van der Waals surface area contributed by atoms with Crippen molar-refractivity contribution in [2.45, 2.75) is 12.1 Å². The molecule has 1 aromatic carbocycles. The van der Waals surface area contributed by atoms with E-state index in [1.807, 2.05) is 0 Å². The molecule has 1 saturated heterocycles. The highest BCUT2D eigenvalue weighted by Gasteiger charge is 2.43. The minimum Gasteiger partial charge on any atom is -0.376 e. The van der Waals surface area contributed by atoms with Crippen LogP contribution in [0.15, 0.2) is 35.4 Å². The third-order valence-corrected chi connectivity index (χ3v) is 3.65. The van der Waals surface area contributed by atoms with Crippen LogP contribution >= 0.6 is 0 Å². The number of rotatable bonds is 4. The Morgan fingerprint density at radius 1 is 1.45 bits per heavy atom. The van der Waals surface area contributed by atoms with E-state index in [0.29, 0.717) is 5.56 Å². The summed E-state index contributed by atoms with van der Waals surface area (Å²) in [7, 11) is 1.55. The Morgan fingerprint density at radius 3 is 2.73 bits per heavy atom. The zero-order valence-corrected chi connectivity index (χ0v) is 12.0. The second-order valence-electron chi connectivity index (χ2n) is 5.28. The highest BCUT2D eigenvalue weighted by Crippen LogP contribution is 2.31. The fourth-order valence-corrected chi connectivity index (χ4v) is 2.42. The lowest BCUT2D eigenvalue weighted by Gasteiger charge is -2.42. The van der Waals surface area contributed by atoms with Crippen LogP contribution in [0.4, 0.5) is 4.39 Å². The molecule has 8 heteroatoms. The number of ether oxygens (including phenoxy) is 1. The van der Waals surface area contributed by atoms with Crippen LogP contribution in [0.1, 0.15) is 5.56 Å². The number of carbonyl (C=O) groups excluding carboxylic acids is 1. The van der Waals surface area contributed by atoms with Gasteiger partial charge in [-0.2, -0.15) is 5.10 Å². The van der Waals surface area contributed by atoms with E-state index in [0.717, 1.165) is 4.68 Å². The molecule has 1 N–H and O–H groups in total. The number of amides is 1. The Kier molecular flexibility index (Phi) is 3.53. The molecule has 0 bridgehead atoms.